The molecule has 25 heavy (non-hydrogen) atoms. The molecule has 0 bridgehead atoms. The molecule has 0 spiro atoms. The molecular weight excluding hydrogens is 356 g/mol. The van der Waals surface area contributed by atoms with Crippen LogP contribution in [0.15, 0.2) is 29.6 Å². The van der Waals surface area contributed by atoms with E-state index in [0.29, 0.717) is 16.6 Å². The number of carbonyl (C=O) groups is 1. The minimum atomic E-state index is -0.203. The fourth-order valence-corrected chi connectivity index (χ4v) is 3.61. The third kappa shape index (κ3) is 4.21. The minimum absolute atomic E-state index is 0.203. The average molecular weight is 374 g/mol. The number of aryl methyl sites for hydroxylation is 1. The van der Waals surface area contributed by atoms with Crippen molar-refractivity contribution in [2.45, 2.75) is 26.7 Å². The van der Waals surface area contributed by atoms with Crippen LogP contribution in [0.3, 0.4) is 0 Å². The number of hydrogen-bond donors (Lipinski definition) is 1. The number of ether oxygens (including phenoxy) is 1. The molecule has 0 aliphatic carbocycles. The van der Waals surface area contributed by atoms with Crippen molar-refractivity contribution in [3.05, 3.63) is 40.2 Å². The van der Waals surface area contributed by atoms with Crippen LogP contribution in [-0.2, 0) is 6.42 Å². The first kappa shape index (κ1) is 17.5. The van der Waals surface area contributed by atoms with E-state index >= 15 is 0 Å². The van der Waals surface area contributed by atoms with E-state index in [2.05, 4.69) is 19.9 Å². The zero-order chi connectivity index (χ0) is 17.6. The molecule has 0 saturated carbocycles. The number of nitrogens with one attached hydrogen (secondary N) is 1. The number of carbonyl (C=O) groups excluding carboxylic acids is 1. The Morgan fingerprint density at radius 1 is 1.24 bits per heavy atom. The van der Waals surface area contributed by atoms with Gasteiger partial charge in [-0.15, -0.1) is 16.4 Å². The van der Waals surface area contributed by atoms with Crippen LogP contribution in [0.4, 0.5) is 5.13 Å². The first-order valence-electron chi connectivity index (χ1n) is 8.02. The van der Waals surface area contributed by atoms with E-state index in [1.165, 1.54) is 11.3 Å². The van der Waals surface area contributed by atoms with Crippen LogP contribution < -0.4 is 10.1 Å². The molecule has 1 amide bonds. The van der Waals surface area contributed by atoms with Gasteiger partial charge in [0.1, 0.15) is 10.6 Å². The number of rotatable bonds is 7. The smallest absolute Gasteiger partial charge is 0.271 e. The molecule has 0 radical (unpaired) electrons. The molecule has 2 heterocycles. The summed E-state index contributed by atoms with van der Waals surface area (Å²) in [5, 5.41) is 9.34. The Bertz CT molecular complexity index is 842. The molecule has 6 nitrogen and oxygen atoms in total. The molecule has 0 unspecified atom stereocenters. The first-order valence-corrected chi connectivity index (χ1v) is 9.68. The highest BCUT2D eigenvalue weighted by Crippen LogP contribution is 2.27. The molecule has 3 rings (SSSR count). The highest BCUT2D eigenvalue weighted by Gasteiger charge is 2.17. The van der Waals surface area contributed by atoms with Crippen molar-refractivity contribution >= 4 is 33.9 Å². The topological polar surface area (TPSA) is 77.0 Å². The Labute approximate surface area is 154 Å². The number of nitrogens with zero attached hydrogens (tertiary/aromatic N) is 3. The summed E-state index contributed by atoms with van der Waals surface area (Å²) in [6.45, 7) is 4.64. The van der Waals surface area contributed by atoms with Gasteiger partial charge in [0.05, 0.1) is 18.0 Å². The van der Waals surface area contributed by atoms with Crippen molar-refractivity contribution in [1.82, 2.24) is 14.6 Å². The molecular formula is C17H18N4O2S2. The van der Waals surface area contributed by atoms with Crippen LogP contribution in [0, 0.1) is 0 Å². The minimum Gasteiger partial charge on any atom is -0.494 e. The second-order valence-electron chi connectivity index (χ2n) is 5.25. The largest absolute Gasteiger partial charge is 0.494 e. The second-order valence-corrected chi connectivity index (χ2v) is 6.86. The van der Waals surface area contributed by atoms with Crippen LogP contribution in [0.2, 0.25) is 0 Å². The van der Waals surface area contributed by atoms with Gasteiger partial charge in [-0.25, -0.2) is 4.98 Å². The lowest BCUT2D eigenvalue weighted by molar-refractivity contribution is 0.102. The summed E-state index contributed by atoms with van der Waals surface area (Å²) in [5.74, 6) is 0.627. The number of anilines is 1. The molecule has 0 fully saturated rings. The van der Waals surface area contributed by atoms with Gasteiger partial charge in [0, 0.05) is 10.9 Å². The molecule has 3 aromatic rings. The third-order valence-corrected chi connectivity index (χ3v) is 4.96. The predicted octanol–water partition coefficient (Wildman–Crippen LogP) is 4.27. The van der Waals surface area contributed by atoms with Gasteiger partial charge in [-0.2, -0.15) is 0 Å². The molecule has 2 aromatic heterocycles. The van der Waals surface area contributed by atoms with Gasteiger partial charge in [0.2, 0.25) is 0 Å². The summed E-state index contributed by atoms with van der Waals surface area (Å²) in [5.41, 5.74) is 2.54. The Kier molecular flexibility index (Phi) is 5.72. The van der Waals surface area contributed by atoms with E-state index in [1.54, 1.807) is 0 Å². The van der Waals surface area contributed by atoms with Crippen molar-refractivity contribution < 1.29 is 9.53 Å². The van der Waals surface area contributed by atoms with Crippen LogP contribution in [0.25, 0.3) is 11.3 Å². The summed E-state index contributed by atoms with van der Waals surface area (Å²) in [6.07, 6.45) is 1.67. The highest BCUT2D eigenvalue weighted by molar-refractivity contribution is 7.14. The van der Waals surface area contributed by atoms with E-state index in [0.717, 1.165) is 47.1 Å². The Morgan fingerprint density at radius 2 is 2.04 bits per heavy atom. The van der Waals surface area contributed by atoms with Gasteiger partial charge in [-0.1, -0.05) is 17.8 Å². The molecule has 130 valence electrons. The lowest BCUT2D eigenvalue weighted by Gasteiger charge is -2.03. The Hall–Kier alpha value is -2.32. The maximum atomic E-state index is 12.4. The van der Waals surface area contributed by atoms with Crippen LogP contribution in [0.5, 0.6) is 5.75 Å². The predicted molar refractivity (Wildman–Crippen MR) is 101 cm³/mol. The highest BCUT2D eigenvalue weighted by atomic mass is 32.1. The third-order valence-electron chi connectivity index (χ3n) is 3.43. The van der Waals surface area contributed by atoms with E-state index in [4.69, 9.17) is 4.74 Å². The molecule has 1 N–H and O–H groups in total. The first-order chi connectivity index (χ1) is 12.2. The number of benzene rings is 1. The molecule has 0 aliphatic rings. The van der Waals surface area contributed by atoms with Gasteiger partial charge >= 0.3 is 0 Å². The lowest BCUT2D eigenvalue weighted by Crippen LogP contribution is -2.12. The molecule has 0 saturated heterocycles. The van der Waals surface area contributed by atoms with E-state index in [9.17, 15) is 4.79 Å². The molecule has 1 aromatic carbocycles. The molecule has 8 heteroatoms. The van der Waals surface area contributed by atoms with Crippen LogP contribution in [-0.4, -0.2) is 27.1 Å². The van der Waals surface area contributed by atoms with Gasteiger partial charge in [0.15, 0.2) is 5.13 Å². The second kappa shape index (κ2) is 8.17. The average Bonchev–Trinajstić information content (AvgIpc) is 3.26. The SMILES string of the molecule is CCCc1nnsc1C(=O)Nc1nc(-c2ccc(OCC)cc2)cs1. The van der Waals surface area contributed by atoms with E-state index in [1.807, 2.05) is 43.5 Å². The molecule has 0 aliphatic heterocycles. The number of aromatic nitrogens is 3. The van der Waals surface area contributed by atoms with Crippen molar-refractivity contribution in [2.75, 3.05) is 11.9 Å². The van der Waals surface area contributed by atoms with Gasteiger partial charge < -0.3 is 4.74 Å². The summed E-state index contributed by atoms with van der Waals surface area (Å²) in [4.78, 5) is 17.4. The number of thiazole rings is 1. The number of amides is 1. The quantitative estimate of drug-likeness (QED) is 0.668. The molecule has 0 atom stereocenters. The normalized spacial score (nSPS) is 10.6. The van der Waals surface area contributed by atoms with Crippen LogP contribution in [0.1, 0.15) is 35.6 Å². The Balaban J connectivity index is 1.70. The summed E-state index contributed by atoms with van der Waals surface area (Å²) >= 11 is 2.51. The summed E-state index contributed by atoms with van der Waals surface area (Å²) in [7, 11) is 0. The number of hydrogen-bond acceptors (Lipinski definition) is 7. The van der Waals surface area contributed by atoms with E-state index < -0.39 is 0 Å². The van der Waals surface area contributed by atoms with Gasteiger partial charge in [-0.3, -0.25) is 10.1 Å². The fourth-order valence-electron chi connectivity index (χ4n) is 2.29. The summed E-state index contributed by atoms with van der Waals surface area (Å²) < 4.78 is 9.32. The van der Waals surface area contributed by atoms with Crippen molar-refractivity contribution in [2.24, 2.45) is 0 Å². The lowest BCUT2D eigenvalue weighted by atomic mass is 10.2. The zero-order valence-corrected chi connectivity index (χ0v) is 15.6. The van der Waals surface area contributed by atoms with Gasteiger partial charge in [0.25, 0.3) is 5.91 Å². The van der Waals surface area contributed by atoms with Crippen LogP contribution >= 0.6 is 22.9 Å². The standard InChI is InChI=1S/C17H18N4O2S2/c1-3-5-13-15(25-21-20-13)16(22)19-17-18-14(10-24-17)11-6-8-12(9-7-11)23-4-2/h6-10H,3-5H2,1-2H3,(H,18,19,22). The fraction of sp³-hybridized carbons (Fsp3) is 0.294. The monoisotopic (exact) mass is 374 g/mol. The maximum absolute atomic E-state index is 12.4. The summed E-state index contributed by atoms with van der Waals surface area (Å²) in [6, 6.07) is 7.74. The Morgan fingerprint density at radius 3 is 2.76 bits per heavy atom. The van der Waals surface area contributed by atoms with Crippen molar-refractivity contribution in [3.8, 4) is 17.0 Å². The maximum Gasteiger partial charge on any atom is 0.271 e. The van der Waals surface area contributed by atoms with E-state index in [-0.39, 0.29) is 5.91 Å². The van der Waals surface area contributed by atoms with Gasteiger partial charge in [-0.05, 0) is 49.1 Å². The van der Waals surface area contributed by atoms with Crippen molar-refractivity contribution in [1.29, 1.82) is 0 Å². The zero-order valence-electron chi connectivity index (χ0n) is 14.0. The van der Waals surface area contributed by atoms with Crippen molar-refractivity contribution in [3.63, 3.8) is 0 Å².